The minimum atomic E-state index is -0.349. The second kappa shape index (κ2) is 5.74. The van der Waals surface area contributed by atoms with Crippen molar-refractivity contribution in [1.29, 1.82) is 0 Å². The molecule has 2 atom stereocenters. The first-order valence-electron chi connectivity index (χ1n) is 6.99. The van der Waals surface area contributed by atoms with E-state index in [0.717, 1.165) is 12.1 Å². The fourth-order valence-corrected chi connectivity index (χ4v) is 2.39. The lowest BCUT2D eigenvalue weighted by molar-refractivity contribution is -0.145. The minimum absolute atomic E-state index is 0.188. The maximum Gasteiger partial charge on any atom is 0.327 e. The first kappa shape index (κ1) is 14.1. The van der Waals surface area contributed by atoms with Crippen LogP contribution in [0, 0.1) is 11.3 Å². The lowest BCUT2D eigenvalue weighted by atomic mass is 10.1. The fourth-order valence-electron chi connectivity index (χ4n) is 2.39. The van der Waals surface area contributed by atoms with Gasteiger partial charge in [0.05, 0.1) is 6.61 Å². The number of rotatable bonds is 6. The average molecular weight is 261 g/mol. The molecule has 1 aromatic rings. The van der Waals surface area contributed by atoms with E-state index in [1.807, 2.05) is 37.3 Å². The van der Waals surface area contributed by atoms with Gasteiger partial charge in [-0.1, -0.05) is 44.2 Å². The highest BCUT2D eigenvalue weighted by Crippen LogP contribution is 2.51. The molecule has 3 nitrogen and oxygen atoms in total. The van der Waals surface area contributed by atoms with Crippen LogP contribution in [-0.4, -0.2) is 19.1 Å². The van der Waals surface area contributed by atoms with Gasteiger partial charge in [-0.15, -0.1) is 0 Å². The van der Waals surface area contributed by atoms with E-state index < -0.39 is 0 Å². The summed E-state index contributed by atoms with van der Waals surface area (Å²) in [5.41, 5.74) is 1.39. The van der Waals surface area contributed by atoms with Gasteiger partial charge in [0.25, 0.3) is 0 Å². The van der Waals surface area contributed by atoms with Gasteiger partial charge in [0, 0.05) is 0 Å². The second-order valence-corrected chi connectivity index (χ2v) is 5.89. The number of ether oxygens (including phenoxy) is 1. The summed E-state index contributed by atoms with van der Waals surface area (Å²) in [4.78, 5) is 12.1. The van der Waals surface area contributed by atoms with Crippen molar-refractivity contribution in [2.75, 3.05) is 13.2 Å². The molecule has 0 aliphatic heterocycles. The summed E-state index contributed by atoms with van der Waals surface area (Å²) in [6.45, 7) is 7.65. The molecular weight excluding hydrogens is 238 g/mol. The number of esters is 1. The predicted molar refractivity (Wildman–Crippen MR) is 75.7 cm³/mol. The van der Waals surface area contributed by atoms with Crippen molar-refractivity contribution in [1.82, 2.24) is 5.32 Å². The fraction of sp³-hybridized carbons (Fsp3) is 0.562. The Morgan fingerprint density at radius 2 is 2.05 bits per heavy atom. The van der Waals surface area contributed by atoms with Gasteiger partial charge in [0.1, 0.15) is 6.04 Å². The lowest BCUT2D eigenvalue weighted by Gasteiger charge is -2.18. The zero-order valence-corrected chi connectivity index (χ0v) is 12.0. The number of hydrogen-bond donors (Lipinski definition) is 1. The minimum Gasteiger partial charge on any atom is -0.465 e. The Morgan fingerprint density at radius 3 is 2.58 bits per heavy atom. The van der Waals surface area contributed by atoms with Crippen LogP contribution in [0.1, 0.15) is 38.8 Å². The zero-order chi connectivity index (χ0) is 13.9. The molecule has 0 aromatic heterocycles. The van der Waals surface area contributed by atoms with Crippen LogP contribution in [0.3, 0.4) is 0 Å². The highest BCUT2D eigenvalue weighted by Gasteiger charge is 2.45. The van der Waals surface area contributed by atoms with Gasteiger partial charge < -0.3 is 10.1 Å². The third-order valence-corrected chi connectivity index (χ3v) is 3.94. The van der Waals surface area contributed by atoms with Gasteiger partial charge in [-0.2, -0.15) is 0 Å². The Labute approximate surface area is 115 Å². The van der Waals surface area contributed by atoms with Crippen LogP contribution in [0.4, 0.5) is 0 Å². The molecule has 2 rings (SSSR count). The molecule has 1 aliphatic rings. The van der Waals surface area contributed by atoms with Gasteiger partial charge >= 0.3 is 5.97 Å². The van der Waals surface area contributed by atoms with Crippen LogP contribution >= 0.6 is 0 Å². The van der Waals surface area contributed by atoms with Crippen molar-refractivity contribution in [3.05, 3.63) is 35.9 Å². The molecule has 104 valence electrons. The van der Waals surface area contributed by atoms with Crippen LogP contribution < -0.4 is 5.32 Å². The number of carbonyl (C=O) groups is 1. The van der Waals surface area contributed by atoms with Gasteiger partial charge in [-0.3, -0.25) is 0 Å². The van der Waals surface area contributed by atoms with Crippen LogP contribution in [0.15, 0.2) is 30.3 Å². The molecule has 3 heteroatoms. The topological polar surface area (TPSA) is 38.3 Å². The molecule has 1 aromatic carbocycles. The van der Waals surface area contributed by atoms with Crippen LogP contribution in [0.5, 0.6) is 0 Å². The number of benzene rings is 1. The number of nitrogens with one attached hydrogen (secondary N) is 1. The lowest BCUT2D eigenvalue weighted by Crippen LogP contribution is -2.32. The standard InChI is InChI=1S/C16H23NO2/c1-4-19-15(18)14(12-8-6-5-7-9-12)17-11-13-10-16(13,2)3/h5-9,13-14,17H,4,10-11H2,1-3H3. The summed E-state index contributed by atoms with van der Waals surface area (Å²) >= 11 is 0. The first-order chi connectivity index (χ1) is 9.04. The molecule has 1 fully saturated rings. The van der Waals surface area contributed by atoms with Gasteiger partial charge in [-0.05, 0) is 36.8 Å². The summed E-state index contributed by atoms with van der Waals surface area (Å²) in [6.07, 6.45) is 1.23. The normalized spacial score (nSPS) is 21.7. The summed E-state index contributed by atoms with van der Waals surface area (Å²) in [6, 6.07) is 9.43. The predicted octanol–water partition coefficient (Wildman–Crippen LogP) is 2.93. The van der Waals surface area contributed by atoms with E-state index in [9.17, 15) is 4.79 Å². The molecule has 0 saturated heterocycles. The number of hydrogen-bond acceptors (Lipinski definition) is 3. The monoisotopic (exact) mass is 261 g/mol. The molecule has 1 saturated carbocycles. The quantitative estimate of drug-likeness (QED) is 0.800. The Bertz CT molecular complexity index is 428. The van der Waals surface area contributed by atoms with E-state index in [-0.39, 0.29) is 12.0 Å². The van der Waals surface area contributed by atoms with E-state index in [4.69, 9.17) is 4.74 Å². The zero-order valence-electron chi connectivity index (χ0n) is 12.0. The maximum absolute atomic E-state index is 12.1. The summed E-state index contributed by atoms with van der Waals surface area (Å²) < 4.78 is 5.16. The molecule has 19 heavy (non-hydrogen) atoms. The van der Waals surface area contributed by atoms with Gasteiger partial charge in [0.2, 0.25) is 0 Å². The molecule has 2 unspecified atom stereocenters. The molecule has 1 aliphatic carbocycles. The number of carbonyl (C=O) groups excluding carboxylic acids is 1. The van der Waals surface area contributed by atoms with Crippen LogP contribution in [-0.2, 0) is 9.53 Å². The Balaban J connectivity index is 2.00. The van der Waals surface area contributed by atoms with Crippen molar-refractivity contribution in [3.8, 4) is 0 Å². The van der Waals surface area contributed by atoms with E-state index in [1.54, 1.807) is 0 Å². The average Bonchev–Trinajstić information content (AvgIpc) is 2.99. The van der Waals surface area contributed by atoms with Gasteiger partial charge in [0.15, 0.2) is 0 Å². The Morgan fingerprint density at radius 1 is 1.42 bits per heavy atom. The third kappa shape index (κ3) is 3.57. The van der Waals surface area contributed by atoms with E-state index in [2.05, 4.69) is 19.2 Å². The second-order valence-electron chi connectivity index (χ2n) is 5.89. The Hall–Kier alpha value is -1.35. The molecule has 0 amide bonds. The van der Waals surface area contributed by atoms with Gasteiger partial charge in [-0.25, -0.2) is 4.79 Å². The summed E-state index contributed by atoms with van der Waals surface area (Å²) in [5, 5.41) is 3.36. The Kier molecular flexibility index (Phi) is 4.25. The van der Waals surface area contributed by atoms with E-state index >= 15 is 0 Å². The molecular formula is C16H23NO2. The van der Waals surface area contributed by atoms with Crippen molar-refractivity contribution in [2.24, 2.45) is 11.3 Å². The van der Waals surface area contributed by atoms with Crippen molar-refractivity contribution >= 4 is 5.97 Å². The molecule has 0 bridgehead atoms. The molecule has 0 heterocycles. The largest absolute Gasteiger partial charge is 0.465 e. The van der Waals surface area contributed by atoms with Crippen LogP contribution in [0.25, 0.3) is 0 Å². The van der Waals surface area contributed by atoms with Crippen molar-refractivity contribution in [2.45, 2.75) is 33.2 Å². The summed E-state index contributed by atoms with van der Waals surface area (Å²) in [7, 11) is 0. The third-order valence-electron chi connectivity index (χ3n) is 3.94. The maximum atomic E-state index is 12.1. The highest BCUT2D eigenvalue weighted by atomic mass is 16.5. The molecule has 1 N–H and O–H groups in total. The van der Waals surface area contributed by atoms with E-state index in [1.165, 1.54) is 6.42 Å². The smallest absolute Gasteiger partial charge is 0.327 e. The molecule has 0 radical (unpaired) electrons. The van der Waals surface area contributed by atoms with E-state index in [0.29, 0.717) is 17.9 Å². The highest BCUT2D eigenvalue weighted by molar-refractivity contribution is 5.77. The first-order valence-corrected chi connectivity index (χ1v) is 6.99. The van der Waals surface area contributed by atoms with Crippen molar-refractivity contribution in [3.63, 3.8) is 0 Å². The molecule has 0 spiro atoms. The van der Waals surface area contributed by atoms with Crippen molar-refractivity contribution < 1.29 is 9.53 Å². The SMILES string of the molecule is CCOC(=O)C(NCC1CC1(C)C)c1ccccc1. The summed E-state index contributed by atoms with van der Waals surface area (Å²) in [5.74, 6) is 0.472. The van der Waals surface area contributed by atoms with Crippen LogP contribution in [0.2, 0.25) is 0 Å².